The second-order valence-corrected chi connectivity index (χ2v) is 8.60. The smallest absolute Gasteiger partial charge is 0.326 e. The highest BCUT2D eigenvalue weighted by molar-refractivity contribution is 7.39. The maximum absolute atomic E-state index is 13.0. The Bertz CT molecular complexity index is 1380. The Morgan fingerprint density at radius 1 is 1.06 bits per heavy atom. The van der Waals surface area contributed by atoms with E-state index in [1.54, 1.807) is 18.5 Å². The molecule has 0 aliphatic carbocycles. The molecular formula is C23H20F3N6OP. The van der Waals surface area contributed by atoms with E-state index in [2.05, 4.69) is 25.3 Å². The SMILES string of the molecule is CPN(C)c1ncc2cc(-c3cc(NC(=O)c4cccc(C(F)(F)F)c4)cnc3C)cnc2n1. The summed E-state index contributed by atoms with van der Waals surface area (Å²) in [6, 6.07) is 7.84. The van der Waals surface area contributed by atoms with Gasteiger partial charge in [0.1, 0.15) is 0 Å². The van der Waals surface area contributed by atoms with E-state index < -0.39 is 17.6 Å². The molecule has 0 aliphatic rings. The number of nitrogens with zero attached hydrogens (tertiary/aromatic N) is 5. The van der Waals surface area contributed by atoms with Crippen LogP contribution in [0.3, 0.4) is 0 Å². The number of carbonyl (C=O) groups is 1. The molecule has 1 amide bonds. The van der Waals surface area contributed by atoms with Crippen molar-refractivity contribution in [3.05, 3.63) is 71.8 Å². The van der Waals surface area contributed by atoms with Crippen LogP contribution in [0.25, 0.3) is 22.2 Å². The van der Waals surface area contributed by atoms with Crippen molar-refractivity contribution in [2.75, 3.05) is 23.7 Å². The molecule has 0 saturated carbocycles. The van der Waals surface area contributed by atoms with Gasteiger partial charge in [-0.05, 0) is 52.7 Å². The fourth-order valence-electron chi connectivity index (χ4n) is 3.26. The highest BCUT2D eigenvalue weighted by Crippen LogP contribution is 2.30. The van der Waals surface area contributed by atoms with Crippen molar-refractivity contribution < 1.29 is 18.0 Å². The topological polar surface area (TPSA) is 83.9 Å². The van der Waals surface area contributed by atoms with E-state index in [1.165, 1.54) is 18.3 Å². The van der Waals surface area contributed by atoms with Gasteiger partial charge in [0, 0.05) is 47.2 Å². The Labute approximate surface area is 195 Å². The second-order valence-electron chi connectivity index (χ2n) is 7.48. The highest BCUT2D eigenvalue weighted by atomic mass is 31.1. The zero-order valence-corrected chi connectivity index (χ0v) is 19.5. The Morgan fingerprint density at radius 2 is 1.85 bits per heavy atom. The van der Waals surface area contributed by atoms with Crippen LogP contribution >= 0.6 is 8.73 Å². The van der Waals surface area contributed by atoms with Crippen LogP contribution in [0.1, 0.15) is 21.6 Å². The summed E-state index contributed by atoms with van der Waals surface area (Å²) < 4.78 is 40.9. The number of aromatic nitrogens is 4. The number of anilines is 2. The van der Waals surface area contributed by atoms with E-state index in [4.69, 9.17) is 0 Å². The summed E-state index contributed by atoms with van der Waals surface area (Å²) >= 11 is 0. The Balaban J connectivity index is 1.62. The Hall–Kier alpha value is -3.65. The normalized spacial score (nSPS) is 11.8. The van der Waals surface area contributed by atoms with Gasteiger partial charge in [-0.3, -0.25) is 9.78 Å². The highest BCUT2D eigenvalue weighted by Gasteiger charge is 2.30. The third kappa shape index (κ3) is 4.97. The quantitative estimate of drug-likeness (QED) is 0.386. The van der Waals surface area contributed by atoms with Crippen LogP contribution in [0.5, 0.6) is 0 Å². The first-order valence-electron chi connectivity index (χ1n) is 10.2. The maximum Gasteiger partial charge on any atom is 0.416 e. The molecule has 0 aliphatic heterocycles. The van der Waals surface area contributed by atoms with E-state index in [1.807, 2.05) is 31.4 Å². The summed E-state index contributed by atoms with van der Waals surface area (Å²) in [7, 11) is 2.42. The van der Waals surface area contributed by atoms with Crippen molar-refractivity contribution in [2.24, 2.45) is 0 Å². The molecule has 34 heavy (non-hydrogen) atoms. The molecule has 1 aromatic carbocycles. The number of carbonyl (C=O) groups excluding carboxylic acids is 1. The monoisotopic (exact) mass is 484 g/mol. The standard InChI is InChI=1S/C23H20F3N6OP/c1-13-19(15-7-16-11-29-22(32(2)34-3)31-20(16)28-10-15)9-18(12-27-13)30-21(33)14-5-4-6-17(8-14)23(24,25)26/h4-12,34H,1-3H3,(H,30,33). The molecule has 7 nitrogen and oxygen atoms in total. The third-order valence-electron chi connectivity index (χ3n) is 5.16. The minimum absolute atomic E-state index is 0.102. The van der Waals surface area contributed by atoms with Gasteiger partial charge >= 0.3 is 6.18 Å². The van der Waals surface area contributed by atoms with Crippen LogP contribution in [0.4, 0.5) is 24.8 Å². The number of aryl methyl sites for hydroxylation is 1. The summed E-state index contributed by atoms with van der Waals surface area (Å²) in [5.41, 5.74) is 2.07. The first kappa shape index (κ1) is 23.5. The molecule has 0 spiro atoms. The first-order valence-corrected chi connectivity index (χ1v) is 11.6. The van der Waals surface area contributed by atoms with Gasteiger partial charge in [-0.25, -0.2) is 9.97 Å². The van der Waals surface area contributed by atoms with Gasteiger partial charge in [0.05, 0.1) is 17.4 Å². The first-order chi connectivity index (χ1) is 16.2. The van der Waals surface area contributed by atoms with Crippen molar-refractivity contribution >= 4 is 37.3 Å². The van der Waals surface area contributed by atoms with Gasteiger partial charge in [0.25, 0.3) is 5.91 Å². The van der Waals surface area contributed by atoms with Crippen molar-refractivity contribution in [1.82, 2.24) is 19.9 Å². The van der Waals surface area contributed by atoms with Crippen LogP contribution in [-0.4, -0.2) is 39.6 Å². The fourth-order valence-corrected chi connectivity index (χ4v) is 3.56. The summed E-state index contributed by atoms with van der Waals surface area (Å²) in [6.07, 6.45) is 0.285. The minimum Gasteiger partial charge on any atom is -0.326 e. The lowest BCUT2D eigenvalue weighted by atomic mass is 10.0. The van der Waals surface area contributed by atoms with Gasteiger partial charge < -0.3 is 9.99 Å². The van der Waals surface area contributed by atoms with E-state index in [9.17, 15) is 18.0 Å². The Morgan fingerprint density at radius 3 is 2.59 bits per heavy atom. The molecule has 3 heterocycles. The molecule has 0 radical (unpaired) electrons. The molecule has 0 bridgehead atoms. The zero-order chi connectivity index (χ0) is 24.5. The lowest BCUT2D eigenvalue weighted by Crippen LogP contribution is -2.14. The number of nitrogens with one attached hydrogen (secondary N) is 1. The summed E-state index contributed by atoms with van der Waals surface area (Å²) in [5.74, 6) is -0.0771. The van der Waals surface area contributed by atoms with Crippen LogP contribution in [-0.2, 0) is 6.18 Å². The molecular weight excluding hydrogens is 464 g/mol. The molecule has 3 aromatic heterocycles. The van der Waals surface area contributed by atoms with Gasteiger partial charge in [-0.15, -0.1) is 0 Å². The fraction of sp³-hybridized carbons (Fsp3) is 0.174. The number of hydrogen-bond donors (Lipinski definition) is 1. The van der Waals surface area contributed by atoms with E-state index in [0.717, 1.165) is 23.1 Å². The van der Waals surface area contributed by atoms with Crippen LogP contribution in [0, 0.1) is 6.92 Å². The second kappa shape index (κ2) is 9.30. The third-order valence-corrected chi connectivity index (χ3v) is 6.03. The van der Waals surface area contributed by atoms with Gasteiger partial charge in [-0.2, -0.15) is 18.2 Å². The van der Waals surface area contributed by atoms with E-state index >= 15 is 0 Å². The van der Waals surface area contributed by atoms with Gasteiger partial charge in [0.15, 0.2) is 5.65 Å². The van der Waals surface area contributed by atoms with Crippen LogP contribution in [0.15, 0.2) is 55.0 Å². The molecule has 4 rings (SSSR count). The number of rotatable bonds is 5. The molecule has 1 N–H and O–H groups in total. The van der Waals surface area contributed by atoms with Gasteiger partial charge in [-0.1, -0.05) is 6.07 Å². The lowest BCUT2D eigenvalue weighted by Gasteiger charge is -2.14. The zero-order valence-electron chi connectivity index (χ0n) is 18.5. The van der Waals surface area contributed by atoms with Crippen LogP contribution < -0.4 is 9.99 Å². The molecule has 4 aromatic rings. The lowest BCUT2D eigenvalue weighted by molar-refractivity contribution is -0.137. The number of pyridine rings is 2. The van der Waals surface area contributed by atoms with Crippen molar-refractivity contribution in [1.29, 1.82) is 0 Å². The molecule has 0 saturated heterocycles. The summed E-state index contributed by atoms with van der Waals surface area (Å²) in [6.45, 7) is 3.84. The average Bonchev–Trinajstić information content (AvgIpc) is 2.83. The largest absolute Gasteiger partial charge is 0.416 e. The number of alkyl halides is 3. The molecule has 1 atom stereocenters. The van der Waals surface area contributed by atoms with Gasteiger partial charge in [0.2, 0.25) is 5.95 Å². The number of fused-ring (bicyclic) bond motifs is 1. The summed E-state index contributed by atoms with van der Waals surface area (Å²) in [5, 5.41) is 3.36. The number of benzene rings is 1. The van der Waals surface area contributed by atoms with Crippen molar-refractivity contribution in [3.63, 3.8) is 0 Å². The molecule has 11 heteroatoms. The maximum atomic E-state index is 13.0. The van der Waals surface area contributed by atoms with E-state index in [0.29, 0.717) is 37.3 Å². The predicted octanol–water partition coefficient (Wildman–Crippen LogP) is 5.33. The Kier molecular flexibility index (Phi) is 6.43. The average molecular weight is 484 g/mol. The molecule has 0 fully saturated rings. The molecule has 174 valence electrons. The van der Waals surface area contributed by atoms with E-state index in [-0.39, 0.29) is 5.56 Å². The van der Waals surface area contributed by atoms with Crippen LogP contribution in [0.2, 0.25) is 0 Å². The molecule has 1 unspecified atom stereocenters. The van der Waals surface area contributed by atoms with Crippen molar-refractivity contribution in [2.45, 2.75) is 13.1 Å². The number of hydrogen-bond acceptors (Lipinski definition) is 6. The minimum atomic E-state index is -4.53. The van der Waals surface area contributed by atoms with Crippen molar-refractivity contribution in [3.8, 4) is 11.1 Å². The number of amides is 1. The predicted molar refractivity (Wildman–Crippen MR) is 127 cm³/mol. The number of halogens is 3. The summed E-state index contributed by atoms with van der Waals surface area (Å²) in [4.78, 5) is 30.2.